The molecule has 0 aromatic carbocycles. The fourth-order valence-electron chi connectivity index (χ4n) is 2.59. The number of hydrogen-bond donors (Lipinski definition) is 0. The van der Waals surface area contributed by atoms with Crippen molar-refractivity contribution in [1.29, 1.82) is 0 Å². The zero-order chi connectivity index (χ0) is 12.3. The minimum Gasteiger partial charge on any atom is -0.344 e. The molecule has 5 heteroatoms. The minimum atomic E-state index is 0.0253. The van der Waals surface area contributed by atoms with E-state index in [1.807, 2.05) is 4.90 Å². The van der Waals surface area contributed by atoms with E-state index in [1.54, 1.807) is 4.90 Å². The van der Waals surface area contributed by atoms with Crippen LogP contribution in [0, 0.1) is 5.92 Å². The maximum absolute atomic E-state index is 12.3. The molecular weight excluding hydrogens is 218 g/mol. The number of carbonyl (C=O) groups is 2. The quantitative estimate of drug-likeness (QED) is 0.618. The monoisotopic (exact) mass is 239 g/mol. The molecule has 2 amide bonds. The lowest BCUT2D eigenvalue weighted by Gasteiger charge is -2.37. The summed E-state index contributed by atoms with van der Waals surface area (Å²) in [6.07, 6.45) is 2.74. The smallest absolute Gasteiger partial charge is 0.227 e. The van der Waals surface area contributed by atoms with Gasteiger partial charge >= 0.3 is 0 Å². The zero-order valence-electron chi connectivity index (χ0n) is 10.5. The second-order valence-electron chi connectivity index (χ2n) is 5.07. The Kier molecular flexibility index (Phi) is 3.99. The average Bonchev–Trinajstić information content (AvgIpc) is 2.39. The molecule has 0 saturated carbocycles. The Labute approximate surface area is 102 Å². The summed E-state index contributed by atoms with van der Waals surface area (Å²) in [5, 5.41) is 0. The van der Waals surface area contributed by atoms with Crippen LogP contribution in [0.15, 0.2) is 0 Å². The van der Waals surface area contributed by atoms with Crippen molar-refractivity contribution in [3.05, 3.63) is 0 Å². The molecule has 2 saturated heterocycles. The molecule has 2 fully saturated rings. The van der Waals surface area contributed by atoms with Crippen molar-refractivity contribution >= 4 is 12.3 Å². The Morgan fingerprint density at radius 1 is 1.18 bits per heavy atom. The molecule has 0 N–H and O–H groups in total. The second-order valence-corrected chi connectivity index (χ2v) is 5.07. The van der Waals surface area contributed by atoms with Gasteiger partial charge in [-0.05, 0) is 19.9 Å². The van der Waals surface area contributed by atoms with Crippen molar-refractivity contribution < 1.29 is 9.59 Å². The third-order valence-corrected chi connectivity index (χ3v) is 3.77. The number of nitrogens with zero attached hydrogens (tertiary/aromatic N) is 3. The predicted octanol–water partition coefficient (Wildman–Crippen LogP) is -0.371. The van der Waals surface area contributed by atoms with E-state index in [2.05, 4.69) is 11.9 Å². The molecule has 0 aromatic rings. The summed E-state index contributed by atoms with van der Waals surface area (Å²) in [5.74, 6) is 0.266. The van der Waals surface area contributed by atoms with Gasteiger partial charge in [0.25, 0.3) is 0 Å². The lowest BCUT2D eigenvalue weighted by Crippen LogP contribution is -2.51. The average molecular weight is 239 g/mol. The first-order valence-electron chi connectivity index (χ1n) is 6.37. The summed E-state index contributed by atoms with van der Waals surface area (Å²) >= 11 is 0. The van der Waals surface area contributed by atoms with Gasteiger partial charge in [0.2, 0.25) is 12.3 Å². The highest BCUT2D eigenvalue weighted by Crippen LogP contribution is 2.18. The van der Waals surface area contributed by atoms with E-state index in [0.29, 0.717) is 6.54 Å². The normalized spacial score (nSPS) is 27.0. The molecule has 2 heterocycles. The third-order valence-electron chi connectivity index (χ3n) is 3.77. The van der Waals surface area contributed by atoms with Crippen molar-refractivity contribution in [2.24, 2.45) is 5.92 Å². The molecule has 17 heavy (non-hydrogen) atoms. The summed E-state index contributed by atoms with van der Waals surface area (Å²) in [6, 6.07) is 0. The number of piperazine rings is 1. The maximum atomic E-state index is 12.3. The first-order valence-corrected chi connectivity index (χ1v) is 6.37. The third kappa shape index (κ3) is 2.97. The molecule has 2 rings (SSSR count). The van der Waals surface area contributed by atoms with Crippen LogP contribution in [0.5, 0.6) is 0 Å². The number of rotatable bonds is 2. The van der Waals surface area contributed by atoms with Crippen molar-refractivity contribution in [2.45, 2.75) is 12.8 Å². The Morgan fingerprint density at radius 3 is 2.53 bits per heavy atom. The summed E-state index contributed by atoms with van der Waals surface area (Å²) in [5.41, 5.74) is 0. The molecule has 0 spiro atoms. The van der Waals surface area contributed by atoms with Crippen LogP contribution < -0.4 is 0 Å². The fourth-order valence-corrected chi connectivity index (χ4v) is 2.59. The Hall–Kier alpha value is -1.10. The molecule has 2 aliphatic heterocycles. The van der Waals surface area contributed by atoms with Gasteiger partial charge in [-0.25, -0.2) is 0 Å². The zero-order valence-corrected chi connectivity index (χ0v) is 10.5. The largest absolute Gasteiger partial charge is 0.344 e. The van der Waals surface area contributed by atoms with Crippen LogP contribution in [-0.4, -0.2) is 73.3 Å². The van der Waals surface area contributed by atoms with Crippen LogP contribution in [0.1, 0.15) is 12.8 Å². The van der Waals surface area contributed by atoms with Crippen molar-refractivity contribution in [3.63, 3.8) is 0 Å². The van der Waals surface area contributed by atoms with Gasteiger partial charge < -0.3 is 14.7 Å². The summed E-state index contributed by atoms with van der Waals surface area (Å²) in [4.78, 5) is 28.9. The molecule has 0 aromatic heterocycles. The predicted molar refractivity (Wildman–Crippen MR) is 64.4 cm³/mol. The van der Waals surface area contributed by atoms with E-state index in [1.165, 1.54) is 0 Å². The highest BCUT2D eigenvalue weighted by molar-refractivity contribution is 5.79. The molecule has 0 radical (unpaired) electrons. The van der Waals surface area contributed by atoms with Gasteiger partial charge in [-0.3, -0.25) is 9.59 Å². The van der Waals surface area contributed by atoms with Crippen LogP contribution in [0.4, 0.5) is 0 Å². The van der Waals surface area contributed by atoms with E-state index in [4.69, 9.17) is 0 Å². The number of piperidine rings is 1. The molecule has 2 aliphatic rings. The van der Waals surface area contributed by atoms with Crippen LogP contribution in [0.25, 0.3) is 0 Å². The van der Waals surface area contributed by atoms with E-state index < -0.39 is 0 Å². The van der Waals surface area contributed by atoms with Crippen LogP contribution in [0.3, 0.4) is 0 Å². The number of likely N-dealkylation sites (N-methyl/N-ethyl adjacent to an activating group) is 1. The Morgan fingerprint density at radius 2 is 1.88 bits per heavy atom. The highest BCUT2D eigenvalue weighted by atomic mass is 16.2. The number of hydrogen-bond acceptors (Lipinski definition) is 3. The maximum Gasteiger partial charge on any atom is 0.227 e. The van der Waals surface area contributed by atoms with Crippen LogP contribution in [0.2, 0.25) is 0 Å². The van der Waals surface area contributed by atoms with E-state index in [0.717, 1.165) is 52.0 Å². The van der Waals surface area contributed by atoms with Crippen LogP contribution >= 0.6 is 0 Å². The Balaban J connectivity index is 1.88. The fraction of sp³-hybridized carbons (Fsp3) is 0.833. The van der Waals surface area contributed by atoms with E-state index in [9.17, 15) is 9.59 Å². The molecule has 5 nitrogen and oxygen atoms in total. The van der Waals surface area contributed by atoms with Gasteiger partial charge in [-0.1, -0.05) is 0 Å². The van der Waals surface area contributed by atoms with E-state index >= 15 is 0 Å². The summed E-state index contributed by atoms with van der Waals surface area (Å²) in [6.45, 7) is 4.97. The van der Waals surface area contributed by atoms with Gasteiger partial charge in [0.15, 0.2) is 0 Å². The lowest BCUT2D eigenvalue weighted by molar-refractivity contribution is -0.139. The molecule has 1 unspecified atom stereocenters. The molecule has 0 bridgehead atoms. The Bertz CT molecular complexity index is 287. The number of amides is 2. The number of likely N-dealkylation sites (tertiary alicyclic amines) is 1. The van der Waals surface area contributed by atoms with Crippen molar-refractivity contribution in [2.75, 3.05) is 46.3 Å². The molecular formula is C12H21N3O2. The topological polar surface area (TPSA) is 43.9 Å². The standard InChI is InChI=1S/C12H21N3O2/c1-13-5-7-15(8-6-13)12(17)11-3-2-4-14(9-11)10-16/h10-11H,2-9H2,1H3. The first-order chi connectivity index (χ1) is 8.20. The van der Waals surface area contributed by atoms with Gasteiger partial charge in [0.05, 0.1) is 5.92 Å². The van der Waals surface area contributed by atoms with Gasteiger partial charge in [-0.15, -0.1) is 0 Å². The highest BCUT2D eigenvalue weighted by Gasteiger charge is 2.29. The second kappa shape index (κ2) is 5.49. The number of carbonyl (C=O) groups excluding carboxylic acids is 2. The minimum absolute atomic E-state index is 0.0253. The molecule has 0 aliphatic carbocycles. The lowest BCUT2D eigenvalue weighted by atomic mass is 9.96. The summed E-state index contributed by atoms with van der Waals surface area (Å²) < 4.78 is 0. The summed E-state index contributed by atoms with van der Waals surface area (Å²) in [7, 11) is 2.08. The van der Waals surface area contributed by atoms with Crippen molar-refractivity contribution in [1.82, 2.24) is 14.7 Å². The molecule has 1 atom stereocenters. The van der Waals surface area contributed by atoms with Gasteiger partial charge in [0.1, 0.15) is 0 Å². The van der Waals surface area contributed by atoms with Crippen molar-refractivity contribution in [3.8, 4) is 0 Å². The van der Waals surface area contributed by atoms with Gasteiger partial charge in [0, 0.05) is 39.3 Å². The SMILES string of the molecule is CN1CCN(C(=O)C2CCCN(C=O)C2)CC1. The van der Waals surface area contributed by atoms with Crippen LogP contribution in [-0.2, 0) is 9.59 Å². The molecule has 96 valence electrons. The van der Waals surface area contributed by atoms with E-state index in [-0.39, 0.29) is 11.8 Å². The first kappa shape index (κ1) is 12.4. The van der Waals surface area contributed by atoms with Gasteiger partial charge in [-0.2, -0.15) is 0 Å².